The van der Waals surface area contributed by atoms with E-state index in [1.54, 1.807) is 0 Å². The molecule has 1 rings (SSSR count). The molecule has 0 aromatic carbocycles. The van der Waals surface area contributed by atoms with Gasteiger partial charge in [0.25, 0.3) is 0 Å². The van der Waals surface area contributed by atoms with E-state index in [0.29, 0.717) is 6.04 Å². The second kappa shape index (κ2) is 6.49. The molecule has 1 heterocycles. The predicted octanol–water partition coefficient (Wildman–Crippen LogP) is 2.62. The van der Waals surface area contributed by atoms with Gasteiger partial charge < -0.3 is 10.6 Å². The quantitative estimate of drug-likeness (QED) is 0.759. The molecule has 90 valence electrons. The van der Waals surface area contributed by atoms with Gasteiger partial charge in [0.2, 0.25) is 0 Å². The Morgan fingerprint density at radius 3 is 2.73 bits per heavy atom. The Labute approximate surface area is 95.2 Å². The topological polar surface area (TPSA) is 29.3 Å². The molecule has 0 aliphatic carbocycles. The number of nitrogens with two attached hydrogens (primary N) is 1. The molecule has 3 unspecified atom stereocenters. The van der Waals surface area contributed by atoms with E-state index < -0.39 is 0 Å². The average molecular weight is 212 g/mol. The fourth-order valence-corrected chi connectivity index (χ4v) is 2.45. The highest BCUT2D eigenvalue weighted by Gasteiger charge is 2.21. The summed E-state index contributed by atoms with van der Waals surface area (Å²) < 4.78 is 0. The highest BCUT2D eigenvalue weighted by molar-refractivity contribution is 4.77. The highest BCUT2D eigenvalue weighted by Crippen LogP contribution is 2.21. The second-order valence-electron chi connectivity index (χ2n) is 5.34. The molecule has 2 heteroatoms. The van der Waals surface area contributed by atoms with Crippen molar-refractivity contribution >= 4 is 0 Å². The van der Waals surface area contributed by atoms with Crippen LogP contribution in [0.3, 0.4) is 0 Å². The van der Waals surface area contributed by atoms with Gasteiger partial charge in [0, 0.05) is 18.6 Å². The van der Waals surface area contributed by atoms with Gasteiger partial charge in [-0.15, -0.1) is 0 Å². The van der Waals surface area contributed by atoms with E-state index in [-0.39, 0.29) is 0 Å². The largest absolute Gasteiger partial charge is 0.328 e. The molecule has 1 aliphatic heterocycles. The molecule has 0 aromatic rings. The second-order valence-corrected chi connectivity index (χ2v) is 5.34. The summed E-state index contributed by atoms with van der Waals surface area (Å²) in [6.45, 7) is 9.46. The Morgan fingerprint density at radius 2 is 2.07 bits per heavy atom. The minimum atomic E-state index is 0.419. The SMILES string of the molecule is CCC(N)CCCN1CC(C)CCC1C. The van der Waals surface area contributed by atoms with E-state index in [1.165, 1.54) is 38.8 Å². The minimum Gasteiger partial charge on any atom is -0.328 e. The summed E-state index contributed by atoms with van der Waals surface area (Å²) in [5.74, 6) is 0.890. The van der Waals surface area contributed by atoms with Gasteiger partial charge in [-0.3, -0.25) is 0 Å². The lowest BCUT2D eigenvalue weighted by Crippen LogP contribution is -2.41. The number of nitrogens with zero attached hydrogens (tertiary/aromatic N) is 1. The van der Waals surface area contributed by atoms with Crippen molar-refractivity contribution in [2.75, 3.05) is 13.1 Å². The maximum atomic E-state index is 5.93. The molecule has 0 radical (unpaired) electrons. The van der Waals surface area contributed by atoms with Gasteiger partial charge in [0.1, 0.15) is 0 Å². The number of hydrogen-bond acceptors (Lipinski definition) is 2. The zero-order chi connectivity index (χ0) is 11.3. The highest BCUT2D eigenvalue weighted by atomic mass is 15.2. The number of rotatable bonds is 5. The molecule has 0 amide bonds. The van der Waals surface area contributed by atoms with E-state index >= 15 is 0 Å². The summed E-state index contributed by atoms with van der Waals surface area (Å²) >= 11 is 0. The Morgan fingerprint density at radius 1 is 1.33 bits per heavy atom. The number of hydrogen-bond donors (Lipinski definition) is 1. The monoisotopic (exact) mass is 212 g/mol. The zero-order valence-corrected chi connectivity index (χ0v) is 10.7. The third-order valence-corrected chi connectivity index (χ3v) is 3.79. The summed E-state index contributed by atoms with van der Waals surface area (Å²) in [6.07, 6.45) is 6.36. The van der Waals surface area contributed by atoms with Crippen molar-refractivity contribution in [3.8, 4) is 0 Å². The summed E-state index contributed by atoms with van der Waals surface area (Å²) in [6, 6.07) is 1.21. The molecule has 15 heavy (non-hydrogen) atoms. The molecule has 3 atom stereocenters. The molecule has 1 fully saturated rings. The first-order chi connectivity index (χ1) is 7.13. The van der Waals surface area contributed by atoms with Crippen molar-refractivity contribution in [2.24, 2.45) is 11.7 Å². The average Bonchev–Trinajstić information content (AvgIpc) is 2.23. The van der Waals surface area contributed by atoms with Crippen molar-refractivity contribution in [3.63, 3.8) is 0 Å². The Bertz CT molecular complexity index is 170. The molecule has 2 N–H and O–H groups in total. The summed E-state index contributed by atoms with van der Waals surface area (Å²) in [5, 5.41) is 0. The van der Waals surface area contributed by atoms with Gasteiger partial charge >= 0.3 is 0 Å². The third-order valence-electron chi connectivity index (χ3n) is 3.79. The van der Waals surface area contributed by atoms with E-state index in [4.69, 9.17) is 5.73 Å². The van der Waals surface area contributed by atoms with Crippen molar-refractivity contribution in [1.29, 1.82) is 0 Å². The first-order valence-corrected chi connectivity index (χ1v) is 6.63. The lowest BCUT2D eigenvalue weighted by atomic mass is 9.94. The van der Waals surface area contributed by atoms with E-state index in [9.17, 15) is 0 Å². The van der Waals surface area contributed by atoms with Crippen LogP contribution in [-0.4, -0.2) is 30.1 Å². The maximum Gasteiger partial charge on any atom is 0.00671 e. The van der Waals surface area contributed by atoms with Crippen LogP contribution in [0.5, 0.6) is 0 Å². The van der Waals surface area contributed by atoms with Gasteiger partial charge in [-0.1, -0.05) is 13.8 Å². The van der Waals surface area contributed by atoms with Gasteiger partial charge in [-0.05, 0) is 51.5 Å². The Balaban J connectivity index is 2.18. The molecule has 1 saturated heterocycles. The van der Waals surface area contributed by atoms with Crippen LogP contribution in [0.2, 0.25) is 0 Å². The fraction of sp³-hybridized carbons (Fsp3) is 1.00. The minimum absolute atomic E-state index is 0.419. The van der Waals surface area contributed by atoms with Crippen LogP contribution < -0.4 is 5.73 Å². The van der Waals surface area contributed by atoms with E-state index in [2.05, 4.69) is 25.7 Å². The number of piperidine rings is 1. The van der Waals surface area contributed by atoms with Gasteiger partial charge in [0.05, 0.1) is 0 Å². The molecule has 2 nitrogen and oxygen atoms in total. The standard InChI is InChI=1S/C13H28N2/c1-4-13(14)6-5-9-15-10-11(2)7-8-12(15)3/h11-13H,4-10,14H2,1-3H3. The summed E-state index contributed by atoms with van der Waals surface area (Å²) in [7, 11) is 0. The first-order valence-electron chi connectivity index (χ1n) is 6.63. The van der Waals surface area contributed by atoms with Crippen molar-refractivity contribution in [3.05, 3.63) is 0 Å². The number of likely N-dealkylation sites (tertiary alicyclic amines) is 1. The predicted molar refractivity (Wildman–Crippen MR) is 66.9 cm³/mol. The maximum absolute atomic E-state index is 5.93. The van der Waals surface area contributed by atoms with Crippen LogP contribution in [-0.2, 0) is 0 Å². The Kier molecular flexibility index (Phi) is 5.62. The van der Waals surface area contributed by atoms with Crippen molar-refractivity contribution in [2.45, 2.75) is 65.0 Å². The van der Waals surface area contributed by atoms with Crippen molar-refractivity contribution in [1.82, 2.24) is 4.90 Å². The van der Waals surface area contributed by atoms with Crippen molar-refractivity contribution < 1.29 is 0 Å². The third kappa shape index (κ3) is 4.52. The molecular weight excluding hydrogens is 184 g/mol. The van der Waals surface area contributed by atoms with E-state index in [0.717, 1.165) is 18.4 Å². The van der Waals surface area contributed by atoms with Crippen LogP contribution in [0, 0.1) is 5.92 Å². The van der Waals surface area contributed by atoms with Crippen LogP contribution in [0.4, 0.5) is 0 Å². The molecule has 0 saturated carbocycles. The summed E-state index contributed by atoms with van der Waals surface area (Å²) in [5.41, 5.74) is 5.93. The van der Waals surface area contributed by atoms with Crippen LogP contribution in [0.25, 0.3) is 0 Å². The smallest absolute Gasteiger partial charge is 0.00671 e. The first kappa shape index (κ1) is 13.0. The molecule has 0 aromatic heterocycles. The van der Waals surface area contributed by atoms with Crippen LogP contribution in [0.15, 0.2) is 0 Å². The molecular formula is C13H28N2. The van der Waals surface area contributed by atoms with Gasteiger partial charge in [-0.25, -0.2) is 0 Å². The lowest BCUT2D eigenvalue weighted by molar-refractivity contribution is 0.122. The molecule has 1 aliphatic rings. The zero-order valence-electron chi connectivity index (χ0n) is 10.7. The van der Waals surface area contributed by atoms with Gasteiger partial charge in [-0.2, -0.15) is 0 Å². The van der Waals surface area contributed by atoms with E-state index in [1.807, 2.05) is 0 Å². The molecule has 0 bridgehead atoms. The van der Waals surface area contributed by atoms with Crippen LogP contribution in [0.1, 0.15) is 52.9 Å². The fourth-order valence-electron chi connectivity index (χ4n) is 2.45. The Hall–Kier alpha value is -0.0800. The normalized spacial score (nSPS) is 30.4. The van der Waals surface area contributed by atoms with Crippen LogP contribution >= 0.6 is 0 Å². The summed E-state index contributed by atoms with van der Waals surface area (Å²) in [4.78, 5) is 2.65. The lowest BCUT2D eigenvalue weighted by Gasteiger charge is -2.36. The molecule has 0 spiro atoms. The van der Waals surface area contributed by atoms with Gasteiger partial charge in [0.15, 0.2) is 0 Å².